The molecule has 1 aromatic carbocycles. The van der Waals surface area contributed by atoms with E-state index in [2.05, 4.69) is 0 Å². The summed E-state index contributed by atoms with van der Waals surface area (Å²) in [5.74, 6) is -0.287. The summed E-state index contributed by atoms with van der Waals surface area (Å²) in [6, 6.07) is 5.37. The number of benzene rings is 1. The van der Waals surface area contributed by atoms with Crippen molar-refractivity contribution in [2.75, 3.05) is 13.6 Å². The first-order chi connectivity index (χ1) is 9.32. The molecular formula is C14H21N3O2S. The molecule has 0 aliphatic heterocycles. The molecule has 1 unspecified atom stereocenters. The number of amidine groups is 1. The number of sulfonamides is 1. The first-order valence-electron chi connectivity index (χ1n) is 6.74. The molecule has 6 heteroatoms. The number of nitrogens with two attached hydrogens (primary N) is 1. The largest absolute Gasteiger partial charge is 0.387 e. The Bertz CT molecular complexity index is 625. The number of rotatable bonds is 5. The van der Waals surface area contributed by atoms with Gasteiger partial charge >= 0.3 is 0 Å². The highest BCUT2D eigenvalue weighted by Crippen LogP contribution is 2.26. The molecule has 0 radical (unpaired) electrons. The lowest BCUT2D eigenvalue weighted by atomic mass is 10.1. The lowest BCUT2D eigenvalue weighted by molar-refractivity contribution is 0.443. The molecular weight excluding hydrogens is 274 g/mol. The van der Waals surface area contributed by atoms with Crippen molar-refractivity contribution in [1.82, 2.24) is 4.31 Å². The van der Waals surface area contributed by atoms with Crippen LogP contribution in [0.2, 0.25) is 0 Å². The van der Waals surface area contributed by atoms with Crippen molar-refractivity contribution in [3.63, 3.8) is 0 Å². The van der Waals surface area contributed by atoms with E-state index in [0.29, 0.717) is 4.90 Å². The first-order valence-corrected chi connectivity index (χ1v) is 8.18. The van der Waals surface area contributed by atoms with Crippen LogP contribution in [0.3, 0.4) is 0 Å². The number of nitrogens with zero attached hydrogens (tertiary/aromatic N) is 1. The van der Waals surface area contributed by atoms with Gasteiger partial charge in [-0.1, -0.05) is 13.0 Å². The second-order valence-electron chi connectivity index (χ2n) is 5.43. The molecule has 0 fully saturated rings. The lowest BCUT2D eigenvalue weighted by Crippen LogP contribution is -2.35. The average Bonchev–Trinajstić information content (AvgIpc) is 2.85. The summed E-state index contributed by atoms with van der Waals surface area (Å²) >= 11 is 0. The van der Waals surface area contributed by atoms with E-state index in [4.69, 9.17) is 11.1 Å². The van der Waals surface area contributed by atoms with E-state index in [1.54, 1.807) is 19.1 Å². The van der Waals surface area contributed by atoms with Crippen molar-refractivity contribution in [3.05, 3.63) is 29.3 Å². The SMILES string of the molecule is CC(CN(C)S(=O)(=O)c1ccc2c(c1)CCC2)C(=N)N. The molecule has 5 nitrogen and oxygen atoms in total. The van der Waals surface area contributed by atoms with Crippen molar-refractivity contribution in [2.45, 2.75) is 31.1 Å². The summed E-state index contributed by atoms with van der Waals surface area (Å²) in [5.41, 5.74) is 7.79. The monoisotopic (exact) mass is 295 g/mol. The maximum absolute atomic E-state index is 12.5. The van der Waals surface area contributed by atoms with Crippen LogP contribution in [0, 0.1) is 11.3 Å². The van der Waals surface area contributed by atoms with E-state index in [0.717, 1.165) is 24.8 Å². The zero-order chi connectivity index (χ0) is 14.9. The van der Waals surface area contributed by atoms with Crippen LogP contribution < -0.4 is 5.73 Å². The van der Waals surface area contributed by atoms with Crippen LogP contribution in [0.15, 0.2) is 23.1 Å². The zero-order valence-electron chi connectivity index (χ0n) is 11.9. The van der Waals surface area contributed by atoms with Gasteiger partial charge in [0.2, 0.25) is 10.0 Å². The smallest absolute Gasteiger partial charge is 0.242 e. The summed E-state index contributed by atoms with van der Waals surface area (Å²) < 4.78 is 26.3. The molecule has 0 aromatic heterocycles. The van der Waals surface area contributed by atoms with Gasteiger partial charge in [0, 0.05) is 19.5 Å². The van der Waals surface area contributed by atoms with Crippen LogP contribution >= 0.6 is 0 Å². The van der Waals surface area contributed by atoms with Gasteiger partial charge in [-0.15, -0.1) is 0 Å². The van der Waals surface area contributed by atoms with Gasteiger partial charge in [-0.05, 0) is 42.5 Å². The van der Waals surface area contributed by atoms with E-state index in [1.165, 1.54) is 16.9 Å². The quantitative estimate of drug-likeness (QED) is 0.635. The molecule has 0 saturated carbocycles. The number of hydrogen-bond acceptors (Lipinski definition) is 3. The predicted octanol–water partition coefficient (Wildman–Crippen LogP) is 1.37. The van der Waals surface area contributed by atoms with Gasteiger partial charge < -0.3 is 5.73 Å². The Morgan fingerprint density at radius 2 is 2.05 bits per heavy atom. The molecule has 0 saturated heterocycles. The van der Waals surface area contributed by atoms with E-state index in [-0.39, 0.29) is 18.3 Å². The summed E-state index contributed by atoms with van der Waals surface area (Å²) in [4.78, 5) is 0.330. The van der Waals surface area contributed by atoms with Crippen LogP contribution in [0.25, 0.3) is 0 Å². The Morgan fingerprint density at radius 3 is 2.70 bits per heavy atom. The van der Waals surface area contributed by atoms with Crippen molar-refractivity contribution in [3.8, 4) is 0 Å². The molecule has 3 N–H and O–H groups in total. The van der Waals surface area contributed by atoms with Crippen molar-refractivity contribution in [1.29, 1.82) is 5.41 Å². The molecule has 1 aliphatic rings. The second kappa shape index (κ2) is 5.54. The van der Waals surface area contributed by atoms with Gasteiger partial charge in [-0.2, -0.15) is 0 Å². The molecule has 1 aromatic rings. The molecule has 2 rings (SSSR count). The molecule has 0 spiro atoms. The Hall–Kier alpha value is -1.40. The van der Waals surface area contributed by atoms with Crippen LogP contribution in [0.5, 0.6) is 0 Å². The van der Waals surface area contributed by atoms with Crippen LogP contribution in [-0.4, -0.2) is 32.2 Å². The highest BCUT2D eigenvalue weighted by Gasteiger charge is 2.24. The topological polar surface area (TPSA) is 87.2 Å². The van der Waals surface area contributed by atoms with Crippen molar-refractivity contribution < 1.29 is 8.42 Å². The molecule has 0 bridgehead atoms. The predicted molar refractivity (Wildman–Crippen MR) is 79.4 cm³/mol. The highest BCUT2D eigenvalue weighted by molar-refractivity contribution is 7.89. The van der Waals surface area contributed by atoms with Gasteiger partial charge in [0.15, 0.2) is 0 Å². The summed E-state index contributed by atoms with van der Waals surface area (Å²) in [6.45, 7) is 1.96. The van der Waals surface area contributed by atoms with Crippen LogP contribution in [-0.2, 0) is 22.9 Å². The third kappa shape index (κ3) is 2.86. The van der Waals surface area contributed by atoms with Crippen molar-refractivity contribution >= 4 is 15.9 Å². The number of aryl methyl sites for hydroxylation is 2. The maximum atomic E-state index is 12.5. The molecule has 1 aliphatic carbocycles. The minimum Gasteiger partial charge on any atom is -0.387 e. The fourth-order valence-corrected chi connectivity index (χ4v) is 3.78. The lowest BCUT2D eigenvalue weighted by Gasteiger charge is -2.21. The van der Waals surface area contributed by atoms with Gasteiger partial charge in [-0.25, -0.2) is 12.7 Å². The van der Waals surface area contributed by atoms with E-state index < -0.39 is 10.0 Å². The van der Waals surface area contributed by atoms with Gasteiger partial charge in [0.05, 0.1) is 10.7 Å². The van der Waals surface area contributed by atoms with Crippen LogP contribution in [0.4, 0.5) is 0 Å². The molecule has 20 heavy (non-hydrogen) atoms. The molecule has 1 atom stereocenters. The molecule has 0 heterocycles. The average molecular weight is 295 g/mol. The summed E-state index contributed by atoms with van der Waals surface area (Å²) in [6.07, 6.45) is 3.08. The third-order valence-corrected chi connectivity index (χ3v) is 5.66. The molecule has 0 amide bonds. The van der Waals surface area contributed by atoms with E-state index >= 15 is 0 Å². The van der Waals surface area contributed by atoms with Gasteiger partial charge in [0.1, 0.15) is 0 Å². The Balaban J connectivity index is 2.24. The second-order valence-corrected chi connectivity index (χ2v) is 7.47. The number of fused-ring (bicyclic) bond motifs is 1. The first kappa shape index (κ1) is 15.0. The maximum Gasteiger partial charge on any atom is 0.242 e. The van der Waals surface area contributed by atoms with Gasteiger partial charge in [-0.3, -0.25) is 5.41 Å². The van der Waals surface area contributed by atoms with Crippen LogP contribution in [0.1, 0.15) is 24.5 Å². The molecule has 110 valence electrons. The Morgan fingerprint density at radius 1 is 1.40 bits per heavy atom. The Kier molecular flexibility index (Phi) is 4.15. The minimum absolute atomic E-state index is 0.000929. The fourth-order valence-electron chi connectivity index (χ4n) is 2.47. The van der Waals surface area contributed by atoms with E-state index in [1.807, 2.05) is 6.07 Å². The van der Waals surface area contributed by atoms with E-state index in [9.17, 15) is 8.42 Å². The third-order valence-electron chi connectivity index (χ3n) is 3.84. The standard InChI is InChI=1S/C14H21N3O2S/c1-10(14(15)16)9-17(2)20(18,19)13-7-6-11-4-3-5-12(11)8-13/h6-8,10H,3-5,9H2,1-2H3,(H3,15,16). The Labute approximate surface area is 120 Å². The van der Waals surface area contributed by atoms with Crippen molar-refractivity contribution in [2.24, 2.45) is 11.7 Å². The number of nitrogens with one attached hydrogen (secondary N) is 1. The minimum atomic E-state index is -3.51. The highest BCUT2D eigenvalue weighted by atomic mass is 32.2. The number of hydrogen-bond donors (Lipinski definition) is 2. The normalized spacial score (nSPS) is 16.1. The zero-order valence-corrected chi connectivity index (χ0v) is 12.7. The summed E-state index contributed by atoms with van der Waals surface area (Å²) in [5, 5.41) is 7.36. The van der Waals surface area contributed by atoms with Gasteiger partial charge in [0.25, 0.3) is 0 Å². The summed E-state index contributed by atoms with van der Waals surface area (Å²) in [7, 11) is -1.98. The fraction of sp³-hybridized carbons (Fsp3) is 0.500.